The van der Waals surface area contributed by atoms with Crippen LogP contribution < -0.4 is 5.69 Å². The second-order valence-electron chi connectivity index (χ2n) is 6.23. The monoisotopic (exact) mass is 363 g/mol. The molecular weight excluding hydrogens is 345 g/mol. The molecule has 27 heavy (non-hydrogen) atoms. The number of aromatic amines is 1. The van der Waals surface area contributed by atoms with E-state index < -0.39 is 0 Å². The van der Waals surface area contributed by atoms with Crippen LogP contribution >= 0.6 is 0 Å². The van der Waals surface area contributed by atoms with Crippen LogP contribution in [0.1, 0.15) is 18.1 Å². The van der Waals surface area contributed by atoms with Gasteiger partial charge in [0.2, 0.25) is 0 Å². The molecule has 1 N–H and O–H groups in total. The van der Waals surface area contributed by atoms with E-state index in [1.54, 1.807) is 24.4 Å². The summed E-state index contributed by atoms with van der Waals surface area (Å²) in [4.78, 5) is 12.7. The van der Waals surface area contributed by atoms with Gasteiger partial charge in [0, 0.05) is 17.3 Å². The van der Waals surface area contributed by atoms with Crippen molar-refractivity contribution in [3.8, 4) is 16.8 Å². The first-order valence-electron chi connectivity index (χ1n) is 8.67. The number of nitrogens with zero attached hydrogens (tertiary/aromatic N) is 4. The lowest BCUT2D eigenvalue weighted by Gasteiger charge is -2.08. The van der Waals surface area contributed by atoms with Gasteiger partial charge in [-0.15, -0.1) is 0 Å². The number of rotatable bonds is 5. The minimum Gasteiger partial charge on any atom is -0.285 e. The van der Waals surface area contributed by atoms with E-state index >= 15 is 0 Å². The molecule has 0 fully saturated rings. The summed E-state index contributed by atoms with van der Waals surface area (Å²) in [5.74, 6) is -0.338. The largest absolute Gasteiger partial charge is 0.350 e. The van der Waals surface area contributed by atoms with E-state index in [-0.39, 0.29) is 18.1 Å². The molecule has 2 aromatic carbocycles. The first kappa shape index (κ1) is 17.0. The molecule has 0 amide bonds. The van der Waals surface area contributed by atoms with Gasteiger partial charge in [0.15, 0.2) is 0 Å². The number of hydrogen-bond donors (Lipinski definition) is 1. The Balaban J connectivity index is 1.69. The predicted molar refractivity (Wildman–Crippen MR) is 100 cm³/mol. The van der Waals surface area contributed by atoms with Crippen LogP contribution in [0.4, 0.5) is 4.39 Å². The molecule has 0 saturated heterocycles. The lowest BCUT2D eigenvalue weighted by Crippen LogP contribution is -2.24. The summed E-state index contributed by atoms with van der Waals surface area (Å²) in [6.45, 7) is 2.20. The summed E-state index contributed by atoms with van der Waals surface area (Å²) in [6.07, 6.45) is 5.84. The van der Waals surface area contributed by atoms with Gasteiger partial charge < -0.3 is 0 Å². The second-order valence-corrected chi connectivity index (χ2v) is 6.23. The number of aryl methyl sites for hydroxylation is 1. The molecule has 0 saturated carbocycles. The quantitative estimate of drug-likeness (QED) is 0.592. The average Bonchev–Trinajstić information content (AvgIpc) is 3.34. The maximum Gasteiger partial charge on any atom is 0.350 e. The molecule has 2 aromatic heterocycles. The second kappa shape index (κ2) is 7.03. The molecule has 4 rings (SSSR count). The minimum absolute atomic E-state index is 0.138. The van der Waals surface area contributed by atoms with Crippen molar-refractivity contribution in [1.29, 1.82) is 0 Å². The molecule has 0 radical (unpaired) electrons. The summed E-state index contributed by atoms with van der Waals surface area (Å²) in [5.41, 5.74) is 3.96. The van der Waals surface area contributed by atoms with Gasteiger partial charge in [-0.1, -0.05) is 31.2 Å². The maximum absolute atomic E-state index is 13.9. The van der Waals surface area contributed by atoms with Crippen LogP contribution in [-0.4, -0.2) is 24.5 Å². The van der Waals surface area contributed by atoms with Gasteiger partial charge in [-0.3, -0.25) is 9.67 Å². The lowest BCUT2D eigenvalue weighted by molar-refractivity contribution is 0.595. The van der Waals surface area contributed by atoms with Crippen molar-refractivity contribution in [2.24, 2.45) is 0 Å². The predicted octanol–water partition coefficient (Wildman–Crippen LogP) is 3.17. The molecular formula is C20H18FN5O. The topological polar surface area (TPSA) is 68.5 Å². The van der Waals surface area contributed by atoms with Gasteiger partial charge in [-0.05, 0) is 35.7 Å². The summed E-state index contributed by atoms with van der Waals surface area (Å²) in [7, 11) is 0. The smallest absolute Gasteiger partial charge is 0.285 e. The van der Waals surface area contributed by atoms with Crippen molar-refractivity contribution in [1.82, 2.24) is 24.5 Å². The number of benzene rings is 2. The molecule has 2 heterocycles. The summed E-state index contributed by atoms with van der Waals surface area (Å²) < 4.78 is 16.6. The highest BCUT2D eigenvalue weighted by molar-refractivity contribution is 5.67. The first-order chi connectivity index (χ1) is 13.2. The third-order valence-corrected chi connectivity index (χ3v) is 4.56. The van der Waals surface area contributed by atoms with Crippen LogP contribution in [0.3, 0.4) is 0 Å². The third kappa shape index (κ3) is 3.19. The van der Waals surface area contributed by atoms with E-state index in [0.717, 1.165) is 23.1 Å². The molecule has 0 aliphatic carbocycles. The Hall–Kier alpha value is -3.48. The zero-order valence-corrected chi connectivity index (χ0v) is 14.8. The average molecular weight is 363 g/mol. The highest BCUT2D eigenvalue weighted by atomic mass is 19.1. The highest BCUT2D eigenvalue weighted by Crippen LogP contribution is 2.25. The molecule has 0 aliphatic heterocycles. The van der Waals surface area contributed by atoms with E-state index in [1.165, 1.54) is 21.6 Å². The van der Waals surface area contributed by atoms with Crippen molar-refractivity contribution in [3.05, 3.63) is 88.6 Å². The van der Waals surface area contributed by atoms with Crippen molar-refractivity contribution in [3.63, 3.8) is 0 Å². The standard InChI is InChI=1S/C20H18FN5O/c1-2-14-9-17(7-8-18(14)16-10-22-23-11-16)26-20(27)25(13-24-26)12-15-5-3-4-6-19(15)21/h3-11,13H,2,12H2,1H3,(H,22,23). The van der Waals surface area contributed by atoms with Crippen LogP contribution in [0.2, 0.25) is 0 Å². The molecule has 0 spiro atoms. The first-order valence-corrected chi connectivity index (χ1v) is 8.67. The zero-order chi connectivity index (χ0) is 18.8. The Morgan fingerprint density at radius 1 is 1.15 bits per heavy atom. The molecule has 0 unspecified atom stereocenters. The van der Waals surface area contributed by atoms with E-state index in [2.05, 4.69) is 22.2 Å². The van der Waals surface area contributed by atoms with Crippen molar-refractivity contribution >= 4 is 0 Å². The Bertz CT molecular complexity index is 1130. The maximum atomic E-state index is 13.9. The van der Waals surface area contributed by atoms with Gasteiger partial charge in [-0.2, -0.15) is 14.9 Å². The Kier molecular flexibility index (Phi) is 4.42. The van der Waals surface area contributed by atoms with Crippen LogP contribution in [0.15, 0.2) is 66.0 Å². The molecule has 0 atom stereocenters. The summed E-state index contributed by atoms with van der Waals surface area (Å²) in [5, 5.41) is 11.0. The van der Waals surface area contributed by atoms with Crippen molar-refractivity contribution < 1.29 is 4.39 Å². The lowest BCUT2D eigenvalue weighted by atomic mass is 10.00. The number of H-pyrrole nitrogens is 1. The van der Waals surface area contributed by atoms with Gasteiger partial charge in [0.1, 0.15) is 12.1 Å². The summed E-state index contributed by atoms with van der Waals surface area (Å²) in [6, 6.07) is 12.2. The fraction of sp³-hybridized carbons (Fsp3) is 0.150. The van der Waals surface area contributed by atoms with Gasteiger partial charge in [0.25, 0.3) is 0 Å². The minimum atomic E-state index is -0.338. The molecule has 4 aromatic rings. The van der Waals surface area contributed by atoms with Crippen molar-refractivity contribution in [2.45, 2.75) is 19.9 Å². The van der Waals surface area contributed by atoms with Crippen LogP contribution in [-0.2, 0) is 13.0 Å². The number of hydrogen-bond acceptors (Lipinski definition) is 3. The fourth-order valence-electron chi connectivity index (χ4n) is 3.11. The van der Waals surface area contributed by atoms with Gasteiger partial charge in [0.05, 0.1) is 18.4 Å². The van der Waals surface area contributed by atoms with Gasteiger partial charge >= 0.3 is 5.69 Å². The van der Waals surface area contributed by atoms with Crippen LogP contribution in [0.25, 0.3) is 16.8 Å². The fourth-order valence-corrected chi connectivity index (χ4v) is 3.11. The SMILES string of the molecule is CCc1cc(-n2ncn(Cc3ccccc3F)c2=O)ccc1-c1cn[nH]c1. The molecule has 7 heteroatoms. The molecule has 0 aliphatic rings. The van der Waals surface area contributed by atoms with E-state index in [9.17, 15) is 9.18 Å². The van der Waals surface area contributed by atoms with Crippen LogP contribution in [0, 0.1) is 5.82 Å². The third-order valence-electron chi connectivity index (χ3n) is 4.56. The molecule has 136 valence electrons. The van der Waals surface area contributed by atoms with Gasteiger partial charge in [-0.25, -0.2) is 9.18 Å². The Morgan fingerprint density at radius 3 is 2.74 bits per heavy atom. The van der Waals surface area contributed by atoms with Crippen molar-refractivity contribution in [2.75, 3.05) is 0 Å². The van der Waals surface area contributed by atoms with E-state index in [1.807, 2.05) is 24.4 Å². The van der Waals surface area contributed by atoms with Crippen LogP contribution in [0.5, 0.6) is 0 Å². The Morgan fingerprint density at radius 2 is 2.00 bits per heavy atom. The summed E-state index contributed by atoms with van der Waals surface area (Å²) >= 11 is 0. The normalized spacial score (nSPS) is 11.0. The number of halogens is 1. The highest BCUT2D eigenvalue weighted by Gasteiger charge is 2.12. The Labute approximate surface area is 154 Å². The zero-order valence-electron chi connectivity index (χ0n) is 14.8. The van der Waals surface area contributed by atoms with E-state index in [4.69, 9.17) is 0 Å². The molecule has 0 bridgehead atoms. The van der Waals surface area contributed by atoms with E-state index in [0.29, 0.717) is 11.3 Å². The number of aromatic nitrogens is 5. The molecule has 6 nitrogen and oxygen atoms in total. The number of nitrogens with one attached hydrogen (secondary N) is 1.